The third-order valence-corrected chi connectivity index (χ3v) is 6.46. The molecule has 1 aliphatic heterocycles. The molecule has 0 saturated heterocycles. The number of hydrogen-bond donors (Lipinski definition) is 2. The van der Waals surface area contributed by atoms with Crippen molar-refractivity contribution in [1.82, 2.24) is 10.3 Å². The van der Waals surface area contributed by atoms with E-state index < -0.39 is 27.3 Å². The number of rotatable bonds is 3. The second-order valence-electron chi connectivity index (χ2n) is 6.03. The third kappa shape index (κ3) is 3.21. The molecule has 0 saturated carbocycles. The van der Waals surface area contributed by atoms with E-state index in [1.165, 1.54) is 12.1 Å². The van der Waals surface area contributed by atoms with Crippen LogP contribution in [0.15, 0.2) is 58.1 Å². The van der Waals surface area contributed by atoms with Gasteiger partial charge in [-0.25, -0.2) is 8.42 Å². The molecule has 0 bridgehead atoms. The minimum Gasteiger partial charge on any atom is -0.345 e. The van der Waals surface area contributed by atoms with E-state index >= 15 is 0 Å². The molecule has 6 nitrogen and oxygen atoms in total. The lowest BCUT2D eigenvalue weighted by Gasteiger charge is -2.10. The Balaban J connectivity index is 1.65. The van der Waals surface area contributed by atoms with Crippen LogP contribution in [-0.4, -0.2) is 31.1 Å². The van der Waals surface area contributed by atoms with Crippen molar-refractivity contribution in [3.8, 4) is 10.4 Å². The highest BCUT2D eigenvalue weighted by molar-refractivity contribution is 7.94. The number of sulfone groups is 1. The Labute approximate surface area is 153 Å². The second-order valence-corrected chi connectivity index (χ2v) is 8.91. The zero-order chi connectivity index (χ0) is 18.3. The van der Waals surface area contributed by atoms with Crippen LogP contribution < -0.4 is 10.9 Å². The summed E-state index contributed by atoms with van der Waals surface area (Å²) in [5, 5.41) is 6.35. The minimum absolute atomic E-state index is 0.0425. The molecule has 2 N–H and O–H groups in total. The van der Waals surface area contributed by atoms with Crippen LogP contribution >= 0.6 is 11.3 Å². The lowest BCUT2D eigenvalue weighted by atomic mass is 10.1. The molecule has 1 aliphatic rings. The van der Waals surface area contributed by atoms with Gasteiger partial charge in [-0.15, -0.1) is 11.3 Å². The van der Waals surface area contributed by atoms with Crippen LogP contribution in [-0.2, 0) is 9.84 Å². The summed E-state index contributed by atoms with van der Waals surface area (Å²) in [7, 11) is -3.27. The summed E-state index contributed by atoms with van der Waals surface area (Å²) in [5.74, 6) is -0.781. The molecule has 2 aromatic heterocycles. The van der Waals surface area contributed by atoms with E-state index in [0.717, 1.165) is 21.2 Å². The van der Waals surface area contributed by atoms with Gasteiger partial charge in [-0.2, -0.15) is 0 Å². The van der Waals surface area contributed by atoms with E-state index in [-0.39, 0.29) is 11.3 Å². The number of pyridine rings is 1. The van der Waals surface area contributed by atoms with E-state index in [1.807, 2.05) is 35.7 Å². The average Bonchev–Trinajstić information content (AvgIpc) is 3.23. The second kappa shape index (κ2) is 6.22. The van der Waals surface area contributed by atoms with Crippen molar-refractivity contribution in [1.29, 1.82) is 0 Å². The summed E-state index contributed by atoms with van der Waals surface area (Å²) < 4.78 is 22.8. The third-order valence-electron chi connectivity index (χ3n) is 4.14. The maximum atomic E-state index is 12.4. The number of fused-ring (bicyclic) bond motifs is 1. The molecule has 8 heteroatoms. The quantitative estimate of drug-likeness (QED) is 0.722. The van der Waals surface area contributed by atoms with Gasteiger partial charge in [-0.1, -0.05) is 18.2 Å². The number of carbonyl (C=O) groups excluding carboxylic acids is 1. The Morgan fingerprint density at radius 3 is 2.77 bits per heavy atom. The first-order chi connectivity index (χ1) is 12.4. The van der Waals surface area contributed by atoms with Crippen molar-refractivity contribution in [2.24, 2.45) is 0 Å². The van der Waals surface area contributed by atoms with Crippen LogP contribution in [0.2, 0.25) is 0 Å². The molecule has 1 amide bonds. The lowest BCUT2D eigenvalue weighted by molar-refractivity contribution is 0.0946. The molecule has 0 unspecified atom stereocenters. The zero-order valence-electron chi connectivity index (χ0n) is 13.4. The fraction of sp³-hybridized carbons (Fsp3) is 0.111. The van der Waals surface area contributed by atoms with Crippen molar-refractivity contribution < 1.29 is 13.2 Å². The van der Waals surface area contributed by atoms with E-state index in [4.69, 9.17) is 0 Å². The van der Waals surface area contributed by atoms with Crippen LogP contribution in [0, 0.1) is 0 Å². The molecular weight excluding hydrogens is 372 g/mol. The van der Waals surface area contributed by atoms with Gasteiger partial charge in [0.15, 0.2) is 9.84 Å². The maximum Gasteiger partial charge on any atom is 0.261 e. The fourth-order valence-electron chi connectivity index (χ4n) is 2.88. The first kappa shape index (κ1) is 16.7. The average molecular weight is 386 g/mol. The van der Waals surface area contributed by atoms with Crippen molar-refractivity contribution in [3.05, 3.63) is 69.2 Å². The number of carbonyl (C=O) groups is 1. The summed E-state index contributed by atoms with van der Waals surface area (Å²) >= 11 is 1.60. The van der Waals surface area contributed by atoms with E-state index in [1.54, 1.807) is 11.3 Å². The lowest BCUT2D eigenvalue weighted by Crippen LogP contribution is -2.38. The molecule has 0 radical (unpaired) electrons. The number of amides is 1. The molecule has 1 atom stereocenters. The Morgan fingerprint density at radius 1 is 1.23 bits per heavy atom. The zero-order valence-corrected chi connectivity index (χ0v) is 15.1. The maximum absolute atomic E-state index is 12.4. The van der Waals surface area contributed by atoms with Gasteiger partial charge in [0.05, 0.1) is 11.8 Å². The largest absolute Gasteiger partial charge is 0.345 e. The number of hydrogen-bond acceptors (Lipinski definition) is 5. The molecule has 0 fully saturated rings. The molecule has 0 spiro atoms. The standard InChI is InChI=1S/C18H14N2O4S2/c21-17(19-13-5-7-26(23,24)10-13)14-8-11-3-4-12(16-2-1-6-25-16)9-15(11)20-18(14)22/h1-9,13H,10H2,(H,19,21)(H,20,22)/t13-/m1/s1. The van der Waals surface area contributed by atoms with Crippen LogP contribution in [0.25, 0.3) is 21.3 Å². The van der Waals surface area contributed by atoms with E-state index in [2.05, 4.69) is 10.3 Å². The summed E-state index contributed by atoms with van der Waals surface area (Å²) in [6.45, 7) is 0. The van der Waals surface area contributed by atoms with E-state index in [0.29, 0.717) is 5.52 Å². The number of H-pyrrole nitrogens is 1. The minimum atomic E-state index is -3.27. The van der Waals surface area contributed by atoms with Crippen LogP contribution in [0.4, 0.5) is 0 Å². The number of aromatic nitrogens is 1. The van der Waals surface area contributed by atoms with Crippen LogP contribution in [0.3, 0.4) is 0 Å². The summed E-state index contributed by atoms with van der Waals surface area (Å²) in [6, 6.07) is 10.5. The molecule has 132 valence electrons. The van der Waals surface area contributed by atoms with Gasteiger partial charge in [0.1, 0.15) is 5.56 Å². The van der Waals surface area contributed by atoms with Crippen molar-refractivity contribution in [2.45, 2.75) is 6.04 Å². The topological polar surface area (TPSA) is 96.1 Å². The van der Waals surface area contributed by atoms with E-state index in [9.17, 15) is 18.0 Å². The Kier molecular flexibility index (Phi) is 4.01. The summed E-state index contributed by atoms with van der Waals surface area (Å²) in [6.07, 6.45) is 1.41. The molecule has 26 heavy (non-hydrogen) atoms. The van der Waals surface area contributed by atoms with Gasteiger partial charge >= 0.3 is 0 Å². The van der Waals surface area contributed by atoms with Gasteiger partial charge in [0.2, 0.25) is 0 Å². The monoisotopic (exact) mass is 386 g/mol. The predicted octanol–water partition coefficient (Wildman–Crippen LogP) is 2.30. The first-order valence-corrected chi connectivity index (χ1v) is 10.4. The number of aromatic amines is 1. The fourth-order valence-corrected chi connectivity index (χ4v) is 4.84. The molecule has 4 rings (SSSR count). The highest BCUT2D eigenvalue weighted by atomic mass is 32.2. The highest BCUT2D eigenvalue weighted by Crippen LogP contribution is 2.27. The van der Waals surface area contributed by atoms with Gasteiger partial charge in [-0.3, -0.25) is 9.59 Å². The van der Waals surface area contributed by atoms with Gasteiger partial charge in [0.25, 0.3) is 11.5 Å². The van der Waals surface area contributed by atoms with Crippen LogP contribution in [0.5, 0.6) is 0 Å². The predicted molar refractivity (Wildman–Crippen MR) is 102 cm³/mol. The molecule has 0 aliphatic carbocycles. The summed E-state index contributed by atoms with van der Waals surface area (Å²) in [5.41, 5.74) is 1.07. The van der Waals surface area contributed by atoms with Crippen molar-refractivity contribution >= 4 is 38.0 Å². The first-order valence-electron chi connectivity index (χ1n) is 7.84. The van der Waals surface area contributed by atoms with Crippen molar-refractivity contribution in [3.63, 3.8) is 0 Å². The van der Waals surface area contributed by atoms with Gasteiger partial charge in [-0.05, 0) is 40.6 Å². The molecular formula is C18H14N2O4S2. The number of thiophene rings is 1. The Bertz CT molecular complexity index is 1190. The van der Waals surface area contributed by atoms with Crippen molar-refractivity contribution in [2.75, 3.05) is 5.75 Å². The smallest absolute Gasteiger partial charge is 0.261 e. The number of nitrogens with one attached hydrogen (secondary N) is 2. The summed E-state index contributed by atoms with van der Waals surface area (Å²) in [4.78, 5) is 28.5. The molecule has 3 aromatic rings. The SMILES string of the molecule is O=C(N[C@@H]1C=CS(=O)(=O)C1)c1cc2ccc(-c3cccs3)cc2[nH]c1=O. The van der Waals surface area contributed by atoms with Gasteiger partial charge < -0.3 is 10.3 Å². The normalized spacial score (nSPS) is 18.2. The Hall–Kier alpha value is -2.71. The Morgan fingerprint density at radius 2 is 2.08 bits per heavy atom. The highest BCUT2D eigenvalue weighted by Gasteiger charge is 2.24. The molecule has 3 heterocycles. The molecule has 1 aromatic carbocycles. The van der Waals surface area contributed by atoms with Gasteiger partial charge in [0, 0.05) is 15.8 Å². The number of benzene rings is 1. The van der Waals surface area contributed by atoms with Crippen LogP contribution in [0.1, 0.15) is 10.4 Å².